The molecule has 0 aromatic heterocycles. The molecule has 2 rings (SSSR count). The number of nitrogens with zero attached hydrogens (tertiary/aromatic N) is 1. The molecule has 2 aromatic carbocycles. The van der Waals surface area contributed by atoms with Gasteiger partial charge < -0.3 is 14.8 Å². The van der Waals surface area contributed by atoms with Gasteiger partial charge in [-0.2, -0.15) is 5.10 Å². The molecule has 148 valence electrons. The van der Waals surface area contributed by atoms with Crippen molar-refractivity contribution in [1.29, 1.82) is 0 Å². The fourth-order valence-corrected chi connectivity index (χ4v) is 2.66. The van der Waals surface area contributed by atoms with Crippen LogP contribution in [0.15, 0.2) is 52.0 Å². The van der Waals surface area contributed by atoms with Crippen molar-refractivity contribution in [1.82, 2.24) is 10.7 Å². The van der Waals surface area contributed by atoms with Gasteiger partial charge in [0.15, 0.2) is 0 Å². The molecule has 8 heteroatoms. The molecule has 0 bridgehead atoms. The minimum absolute atomic E-state index is 0.00751. The Morgan fingerprint density at radius 2 is 1.93 bits per heavy atom. The van der Waals surface area contributed by atoms with Crippen LogP contribution in [0.25, 0.3) is 0 Å². The average Bonchev–Trinajstić information content (AvgIpc) is 2.67. The Bertz CT molecular complexity index is 868. The number of para-hydroxylation sites is 1. The van der Waals surface area contributed by atoms with E-state index in [1.165, 1.54) is 13.3 Å². The molecule has 0 radical (unpaired) electrons. The third-order valence-corrected chi connectivity index (χ3v) is 3.98. The fourth-order valence-electron chi connectivity index (χ4n) is 2.28. The molecule has 0 aliphatic rings. The molecule has 0 unspecified atom stereocenters. The van der Waals surface area contributed by atoms with Crippen LogP contribution in [0.5, 0.6) is 11.5 Å². The van der Waals surface area contributed by atoms with Crippen LogP contribution in [-0.2, 0) is 4.79 Å². The van der Waals surface area contributed by atoms with Crippen LogP contribution in [0.3, 0.4) is 0 Å². The first kappa shape index (κ1) is 21.4. The molecule has 0 saturated carbocycles. The van der Waals surface area contributed by atoms with Gasteiger partial charge in [-0.25, -0.2) is 5.43 Å². The van der Waals surface area contributed by atoms with Crippen LogP contribution < -0.4 is 20.2 Å². The lowest BCUT2D eigenvalue weighted by Crippen LogP contribution is -2.35. The first-order valence-corrected chi connectivity index (χ1v) is 9.39. The van der Waals surface area contributed by atoms with Crippen molar-refractivity contribution in [3.63, 3.8) is 0 Å². The Morgan fingerprint density at radius 1 is 1.18 bits per heavy atom. The van der Waals surface area contributed by atoms with Gasteiger partial charge in [0, 0.05) is 10.0 Å². The van der Waals surface area contributed by atoms with Gasteiger partial charge in [0.25, 0.3) is 11.8 Å². The zero-order chi connectivity index (χ0) is 20.5. The molecule has 0 saturated heterocycles. The number of ether oxygens (including phenoxy) is 2. The number of hydrogen-bond donors (Lipinski definition) is 2. The van der Waals surface area contributed by atoms with E-state index in [9.17, 15) is 9.59 Å². The molecular weight excluding hydrogens is 426 g/mol. The standard InChI is InChI=1S/C20H22BrN3O4/c1-13(2)28-17-9-8-15(21)10-14(17)11-23-24-19(25)12-22-20(26)16-6-4-5-7-18(16)27-3/h4-11,13H,12H2,1-3H3,(H,22,26)(H,24,25). The Morgan fingerprint density at radius 3 is 2.64 bits per heavy atom. The maximum atomic E-state index is 12.2. The highest BCUT2D eigenvalue weighted by molar-refractivity contribution is 9.10. The maximum absolute atomic E-state index is 12.2. The molecule has 0 aliphatic carbocycles. The minimum Gasteiger partial charge on any atom is -0.496 e. The quantitative estimate of drug-likeness (QED) is 0.480. The molecule has 0 heterocycles. The van der Waals surface area contributed by atoms with Gasteiger partial charge in [-0.05, 0) is 44.2 Å². The highest BCUT2D eigenvalue weighted by Crippen LogP contribution is 2.22. The summed E-state index contributed by atoms with van der Waals surface area (Å²) in [5.41, 5.74) is 3.44. The van der Waals surface area contributed by atoms with E-state index < -0.39 is 11.8 Å². The number of amides is 2. The topological polar surface area (TPSA) is 89.0 Å². The summed E-state index contributed by atoms with van der Waals surface area (Å²) in [7, 11) is 1.48. The zero-order valence-corrected chi connectivity index (χ0v) is 17.4. The smallest absolute Gasteiger partial charge is 0.259 e. The minimum atomic E-state index is -0.458. The Kier molecular flexibility index (Phi) is 8.01. The van der Waals surface area contributed by atoms with Crippen molar-refractivity contribution < 1.29 is 19.1 Å². The second kappa shape index (κ2) is 10.5. The molecule has 0 atom stereocenters. The third kappa shape index (κ3) is 6.38. The summed E-state index contributed by atoms with van der Waals surface area (Å²) in [6.07, 6.45) is 1.50. The fraction of sp³-hybridized carbons (Fsp3) is 0.250. The average molecular weight is 448 g/mol. The number of hydrazone groups is 1. The Labute approximate surface area is 172 Å². The second-order valence-corrected chi connectivity index (χ2v) is 6.94. The number of rotatable bonds is 8. The molecule has 28 heavy (non-hydrogen) atoms. The SMILES string of the molecule is COc1ccccc1C(=O)NCC(=O)NN=Cc1cc(Br)ccc1OC(C)C. The largest absolute Gasteiger partial charge is 0.496 e. The number of halogens is 1. The van der Waals surface area contributed by atoms with Crippen LogP contribution in [0.2, 0.25) is 0 Å². The Balaban J connectivity index is 1.92. The lowest BCUT2D eigenvalue weighted by molar-refractivity contribution is -0.120. The maximum Gasteiger partial charge on any atom is 0.259 e. The molecule has 2 amide bonds. The van der Waals surface area contributed by atoms with E-state index in [0.717, 1.165) is 4.47 Å². The lowest BCUT2D eigenvalue weighted by atomic mass is 10.2. The van der Waals surface area contributed by atoms with Gasteiger partial charge in [-0.1, -0.05) is 28.1 Å². The number of nitrogens with one attached hydrogen (secondary N) is 2. The van der Waals surface area contributed by atoms with Gasteiger partial charge in [-0.3, -0.25) is 9.59 Å². The Hall–Kier alpha value is -2.87. The van der Waals surface area contributed by atoms with E-state index in [1.54, 1.807) is 24.3 Å². The molecule has 7 nitrogen and oxygen atoms in total. The van der Waals surface area contributed by atoms with E-state index in [4.69, 9.17) is 9.47 Å². The van der Waals surface area contributed by atoms with Crippen LogP contribution in [0.4, 0.5) is 0 Å². The predicted molar refractivity (Wildman–Crippen MR) is 111 cm³/mol. The van der Waals surface area contributed by atoms with Crippen molar-refractivity contribution >= 4 is 34.0 Å². The zero-order valence-electron chi connectivity index (χ0n) is 15.9. The van der Waals surface area contributed by atoms with E-state index >= 15 is 0 Å². The van der Waals surface area contributed by atoms with Crippen molar-refractivity contribution in [2.45, 2.75) is 20.0 Å². The highest BCUT2D eigenvalue weighted by Gasteiger charge is 2.12. The third-order valence-electron chi connectivity index (χ3n) is 3.49. The molecular formula is C20H22BrN3O4. The van der Waals surface area contributed by atoms with Crippen molar-refractivity contribution in [2.75, 3.05) is 13.7 Å². The van der Waals surface area contributed by atoms with E-state index in [1.807, 2.05) is 32.0 Å². The first-order chi connectivity index (χ1) is 13.4. The summed E-state index contributed by atoms with van der Waals surface area (Å²) in [5, 5.41) is 6.47. The summed E-state index contributed by atoms with van der Waals surface area (Å²) in [4.78, 5) is 24.1. The van der Waals surface area contributed by atoms with E-state index in [0.29, 0.717) is 22.6 Å². The van der Waals surface area contributed by atoms with Crippen molar-refractivity contribution in [3.8, 4) is 11.5 Å². The van der Waals surface area contributed by atoms with Crippen LogP contribution in [0, 0.1) is 0 Å². The van der Waals surface area contributed by atoms with E-state index in [2.05, 4.69) is 31.8 Å². The normalized spacial score (nSPS) is 10.8. The molecule has 2 aromatic rings. The summed E-state index contributed by atoms with van der Waals surface area (Å²) < 4.78 is 11.7. The van der Waals surface area contributed by atoms with E-state index in [-0.39, 0.29) is 12.6 Å². The second-order valence-electron chi connectivity index (χ2n) is 6.02. The van der Waals surface area contributed by atoms with Crippen LogP contribution in [-0.4, -0.2) is 37.8 Å². The molecule has 2 N–H and O–H groups in total. The van der Waals surface area contributed by atoms with Crippen LogP contribution in [0.1, 0.15) is 29.8 Å². The monoisotopic (exact) mass is 447 g/mol. The number of benzene rings is 2. The predicted octanol–water partition coefficient (Wildman–Crippen LogP) is 3.13. The van der Waals surface area contributed by atoms with Gasteiger partial charge in [0.1, 0.15) is 11.5 Å². The summed E-state index contributed by atoms with van der Waals surface area (Å²) in [5.74, 6) is 0.225. The van der Waals surface area contributed by atoms with Crippen molar-refractivity contribution in [3.05, 3.63) is 58.1 Å². The van der Waals surface area contributed by atoms with Crippen LogP contribution >= 0.6 is 15.9 Å². The number of hydrogen-bond acceptors (Lipinski definition) is 5. The summed E-state index contributed by atoms with van der Waals surface area (Å²) >= 11 is 3.40. The first-order valence-electron chi connectivity index (χ1n) is 8.60. The van der Waals surface area contributed by atoms with Gasteiger partial charge in [0.05, 0.1) is 31.5 Å². The molecule has 0 spiro atoms. The molecule has 0 aliphatic heterocycles. The highest BCUT2D eigenvalue weighted by atomic mass is 79.9. The number of carbonyl (C=O) groups is 2. The molecule has 0 fully saturated rings. The van der Waals surface area contributed by atoms with Gasteiger partial charge in [0.2, 0.25) is 0 Å². The number of carbonyl (C=O) groups excluding carboxylic acids is 2. The number of methoxy groups -OCH3 is 1. The van der Waals surface area contributed by atoms with Gasteiger partial charge in [-0.15, -0.1) is 0 Å². The summed E-state index contributed by atoms with van der Waals surface area (Å²) in [6.45, 7) is 3.63. The van der Waals surface area contributed by atoms with Gasteiger partial charge >= 0.3 is 0 Å². The lowest BCUT2D eigenvalue weighted by Gasteiger charge is -2.12. The van der Waals surface area contributed by atoms with Crippen molar-refractivity contribution in [2.24, 2.45) is 5.10 Å². The summed E-state index contributed by atoms with van der Waals surface area (Å²) in [6, 6.07) is 12.3.